The van der Waals surface area contributed by atoms with Crippen LogP contribution < -0.4 is 11.1 Å². The van der Waals surface area contributed by atoms with Gasteiger partial charge in [0.25, 0.3) is 0 Å². The number of carbonyl (C=O) groups excluding carboxylic acids is 1. The molecule has 0 aromatic heterocycles. The highest BCUT2D eigenvalue weighted by Crippen LogP contribution is 2.25. The van der Waals surface area contributed by atoms with Gasteiger partial charge in [0.15, 0.2) is 0 Å². The van der Waals surface area contributed by atoms with Crippen LogP contribution in [-0.4, -0.2) is 19.0 Å². The third kappa shape index (κ3) is 2.81. The molecule has 1 amide bonds. The Hall–Kier alpha value is -0.570. The molecular weight excluding hydrogens is 152 g/mol. The standard InChI is InChI=1S/C9H18N2O/c10-6-1-2-7-11-9(12)8-4-3-5-8/h8H,1-7,10H2,(H,11,12). The van der Waals surface area contributed by atoms with E-state index in [-0.39, 0.29) is 5.91 Å². The summed E-state index contributed by atoms with van der Waals surface area (Å²) >= 11 is 0. The number of amides is 1. The zero-order valence-electron chi connectivity index (χ0n) is 7.51. The van der Waals surface area contributed by atoms with Gasteiger partial charge in [0, 0.05) is 12.5 Å². The maximum Gasteiger partial charge on any atom is 0.223 e. The Morgan fingerprint density at radius 3 is 2.67 bits per heavy atom. The summed E-state index contributed by atoms with van der Waals surface area (Å²) in [7, 11) is 0. The van der Waals surface area contributed by atoms with Crippen molar-refractivity contribution in [3.8, 4) is 0 Å². The molecule has 1 aliphatic rings. The molecule has 1 rings (SSSR count). The van der Waals surface area contributed by atoms with Crippen molar-refractivity contribution in [3.05, 3.63) is 0 Å². The van der Waals surface area contributed by atoms with Gasteiger partial charge < -0.3 is 11.1 Å². The summed E-state index contributed by atoms with van der Waals surface area (Å²) < 4.78 is 0. The highest BCUT2D eigenvalue weighted by atomic mass is 16.1. The first-order valence-electron chi connectivity index (χ1n) is 4.82. The van der Waals surface area contributed by atoms with Crippen LogP contribution in [-0.2, 0) is 4.79 Å². The molecule has 0 radical (unpaired) electrons. The van der Waals surface area contributed by atoms with Gasteiger partial charge in [0.2, 0.25) is 5.91 Å². The molecule has 0 saturated heterocycles. The van der Waals surface area contributed by atoms with Crippen LogP contribution in [0.1, 0.15) is 32.1 Å². The molecule has 3 heteroatoms. The number of unbranched alkanes of at least 4 members (excludes halogenated alkanes) is 1. The van der Waals surface area contributed by atoms with Crippen molar-refractivity contribution in [3.63, 3.8) is 0 Å². The maximum absolute atomic E-state index is 11.2. The van der Waals surface area contributed by atoms with Crippen molar-refractivity contribution in [2.24, 2.45) is 11.7 Å². The Kier molecular flexibility index (Phi) is 4.08. The van der Waals surface area contributed by atoms with Crippen LogP contribution in [0, 0.1) is 5.92 Å². The topological polar surface area (TPSA) is 55.1 Å². The summed E-state index contributed by atoms with van der Waals surface area (Å²) in [4.78, 5) is 11.2. The summed E-state index contributed by atoms with van der Waals surface area (Å²) in [6, 6.07) is 0. The molecule has 70 valence electrons. The summed E-state index contributed by atoms with van der Waals surface area (Å²) in [5.41, 5.74) is 5.33. The van der Waals surface area contributed by atoms with E-state index >= 15 is 0 Å². The highest BCUT2D eigenvalue weighted by Gasteiger charge is 2.24. The molecule has 1 aliphatic carbocycles. The van der Waals surface area contributed by atoms with Gasteiger partial charge in [0.1, 0.15) is 0 Å². The van der Waals surface area contributed by atoms with Gasteiger partial charge in [-0.1, -0.05) is 6.42 Å². The zero-order chi connectivity index (χ0) is 8.81. The van der Waals surface area contributed by atoms with Crippen molar-refractivity contribution in [2.75, 3.05) is 13.1 Å². The van der Waals surface area contributed by atoms with Gasteiger partial charge in [-0.2, -0.15) is 0 Å². The van der Waals surface area contributed by atoms with Gasteiger partial charge in [-0.3, -0.25) is 4.79 Å². The first-order valence-corrected chi connectivity index (χ1v) is 4.82. The van der Waals surface area contributed by atoms with Crippen molar-refractivity contribution < 1.29 is 4.79 Å². The number of rotatable bonds is 5. The molecule has 0 bridgehead atoms. The fraction of sp³-hybridized carbons (Fsp3) is 0.889. The van der Waals surface area contributed by atoms with Gasteiger partial charge >= 0.3 is 0 Å². The number of carbonyl (C=O) groups is 1. The monoisotopic (exact) mass is 170 g/mol. The van der Waals surface area contributed by atoms with E-state index in [0.717, 1.165) is 38.8 Å². The quantitative estimate of drug-likeness (QED) is 0.595. The number of hydrogen-bond acceptors (Lipinski definition) is 2. The fourth-order valence-electron chi connectivity index (χ4n) is 1.30. The first-order chi connectivity index (χ1) is 5.84. The lowest BCUT2D eigenvalue weighted by Crippen LogP contribution is -2.35. The lowest BCUT2D eigenvalue weighted by Gasteiger charge is -2.23. The van der Waals surface area contributed by atoms with E-state index in [2.05, 4.69) is 5.32 Å². The second-order valence-electron chi connectivity index (χ2n) is 3.41. The van der Waals surface area contributed by atoms with E-state index in [4.69, 9.17) is 5.73 Å². The molecule has 0 aliphatic heterocycles. The Labute approximate surface area is 73.7 Å². The Morgan fingerprint density at radius 1 is 1.42 bits per heavy atom. The van der Waals surface area contributed by atoms with Crippen LogP contribution in [0.2, 0.25) is 0 Å². The van der Waals surface area contributed by atoms with Crippen molar-refractivity contribution >= 4 is 5.91 Å². The lowest BCUT2D eigenvalue weighted by atomic mass is 9.85. The normalized spacial score (nSPS) is 17.1. The predicted octanol–water partition coefficient (Wildman–Crippen LogP) is 0.642. The summed E-state index contributed by atoms with van der Waals surface area (Å²) in [5, 5.41) is 2.92. The van der Waals surface area contributed by atoms with Crippen LogP contribution in [0.15, 0.2) is 0 Å². The minimum absolute atomic E-state index is 0.248. The molecule has 0 atom stereocenters. The second-order valence-corrected chi connectivity index (χ2v) is 3.41. The molecule has 0 aromatic carbocycles. The lowest BCUT2D eigenvalue weighted by molar-refractivity contribution is -0.127. The third-order valence-electron chi connectivity index (χ3n) is 2.41. The van der Waals surface area contributed by atoms with Crippen LogP contribution >= 0.6 is 0 Å². The zero-order valence-corrected chi connectivity index (χ0v) is 7.51. The van der Waals surface area contributed by atoms with E-state index < -0.39 is 0 Å². The molecular formula is C9H18N2O. The number of hydrogen-bond donors (Lipinski definition) is 2. The maximum atomic E-state index is 11.2. The fourth-order valence-corrected chi connectivity index (χ4v) is 1.30. The van der Waals surface area contributed by atoms with E-state index in [1.54, 1.807) is 0 Å². The van der Waals surface area contributed by atoms with Crippen LogP contribution in [0.3, 0.4) is 0 Å². The smallest absolute Gasteiger partial charge is 0.223 e. The molecule has 0 spiro atoms. The number of nitrogens with one attached hydrogen (secondary N) is 1. The molecule has 1 saturated carbocycles. The average Bonchev–Trinajstić information content (AvgIpc) is 1.95. The summed E-state index contributed by atoms with van der Waals surface area (Å²) in [5.74, 6) is 0.571. The Bertz CT molecular complexity index is 143. The molecule has 1 fully saturated rings. The molecule has 12 heavy (non-hydrogen) atoms. The molecule has 3 nitrogen and oxygen atoms in total. The summed E-state index contributed by atoms with van der Waals surface area (Å²) in [6.45, 7) is 1.52. The van der Waals surface area contributed by atoms with Crippen molar-refractivity contribution in [2.45, 2.75) is 32.1 Å². The predicted molar refractivity (Wildman–Crippen MR) is 48.6 cm³/mol. The van der Waals surface area contributed by atoms with Crippen LogP contribution in [0.25, 0.3) is 0 Å². The first kappa shape index (κ1) is 9.52. The minimum atomic E-state index is 0.248. The van der Waals surface area contributed by atoms with Crippen molar-refractivity contribution in [1.29, 1.82) is 0 Å². The number of nitrogens with two attached hydrogens (primary N) is 1. The largest absolute Gasteiger partial charge is 0.356 e. The van der Waals surface area contributed by atoms with E-state index in [1.807, 2.05) is 0 Å². The van der Waals surface area contributed by atoms with E-state index in [1.165, 1.54) is 6.42 Å². The summed E-state index contributed by atoms with van der Waals surface area (Å²) in [6.07, 6.45) is 5.41. The van der Waals surface area contributed by atoms with Crippen LogP contribution in [0.4, 0.5) is 0 Å². The Balaban J connectivity index is 1.94. The molecule has 3 N–H and O–H groups in total. The van der Waals surface area contributed by atoms with E-state index in [9.17, 15) is 4.79 Å². The van der Waals surface area contributed by atoms with E-state index in [0.29, 0.717) is 5.92 Å². The minimum Gasteiger partial charge on any atom is -0.356 e. The second kappa shape index (κ2) is 5.14. The van der Waals surface area contributed by atoms with Gasteiger partial charge in [-0.25, -0.2) is 0 Å². The van der Waals surface area contributed by atoms with Gasteiger partial charge in [-0.05, 0) is 32.2 Å². The molecule has 0 aromatic rings. The Morgan fingerprint density at radius 2 is 2.17 bits per heavy atom. The molecule has 0 heterocycles. The SMILES string of the molecule is NCCCCNC(=O)C1CCC1. The third-order valence-corrected chi connectivity index (χ3v) is 2.41. The van der Waals surface area contributed by atoms with Gasteiger partial charge in [-0.15, -0.1) is 0 Å². The molecule has 0 unspecified atom stereocenters. The van der Waals surface area contributed by atoms with Gasteiger partial charge in [0.05, 0.1) is 0 Å². The average molecular weight is 170 g/mol. The van der Waals surface area contributed by atoms with Crippen LogP contribution in [0.5, 0.6) is 0 Å². The van der Waals surface area contributed by atoms with Crippen molar-refractivity contribution in [1.82, 2.24) is 5.32 Å². The highest BCUT2D eigenvalue weighted by molar-refractivity contribution is 5.79.